The van der Waals surface area contributed by atoms with Crippen LogP contribution in [0.4, 0.5) is 4.39 Å². The van der Waals surface area contributed by atoms with Crippen LogP contribution in [-0.2, 0) is 4.79 Å². The van der Waals surface area contributed by atoms with Gasteiger partial charge in [-0.25, -0.2) is 14.5 Å². The number of carbonyl (C=O) groups is 1. The minimum atomic E-state index is -0.457. The zero-order chi connectivity index (χ0) is 24.0. The van der Waals surface area contributed by atoms with E-state index in [9.17, 15) is 9.18 Å². The first kappa shape index (κ1) is 22.1. The quantitative estimate of drug-likeness (QED) is 0.325. The van der Waals surface area contributed by atoms with Crippen molar-refractivity contribution in [3.8, 4) is 34.2 Å². The van der Waals surface area contributed by atoms with E-state index in [1.54, 1.807) is 4.68 Å². The van der Waals surface area contributed by atoms with Gasteiger partial charge in [-0.15, -0.1) is 0 Å². The highest BCUT2D eigenvalue weighted by Crippen LogP contribution is 2.35. The third-order valence-electron chi connectivity index (χ3n) is 5.16. The molecule has 0 aliphatic carbocycles. The van der Waals surface area contributed by atoms with E-state index in [2.05, 4.69) is 10.5 Å². The molecule has 1 N–H and O–H groups in total. The van der Waals surface area contributed by atoms with Gasteiger partial charge in [0.2, 0.25) is 0 Å². The SMILES string of the molecule is O=C(COc1ccc(F)cc1)NN=Cc1cn(-c2ccccc2)nc1-c1ccc2c(c1)OCCO2. The van der Waals surface area contributed by atoms with Crippen molar-refractivity contribution in [2.24, 2.45) is 5.10 Å². The molecule has 0 spiro atoms. The molecule has 1 aromatic heterocycles. The summed E-state index contributed by atoms with van der Waals surface area (Å²) in [6, 6.07) is 20.7. The number of nitrogens with zero attached hydrogens (tertiary/aromatic N) is 3. The summed E-state index contributed by atoms with van der Waals surface area (Å²) in [5, 5.41) is 8.82. The monoisotopic (exact) mass is 472 g/mol. The van der Waals surface area contributed by atoms with E-state index in [0.717, 1.165) is 11.3 Å². The van der Waals surface area contributed by atoms with Gasteiger partial charge in [-0.3, -0.25) is 4.79 Å². The Bertz CT molecular complexity index is 1350. The Kier molecular flexibility index (Phi) is 6.38. The molecule has 0 bridgehead atoms. The molecule has 4 aromatic rings. The number of rotatable bonds is 7. The number of hydrazone groups is 1. The molecule has 0 radical (unpaired) electrons. The zero-order valence-corrected chi connectivity index (χ0v) is 18.6. The molecule has 3 aromatic carbocycles. The maximum Gasteiger partial charge on any atom is 0.277 e. The van der Waals surface area contributed by atoms with Crippen LogP contribution in [0.2, 0.25) is 0 Å². The summed E-state index contributed by atoms with van der Waals surface area (Å²) in [6.07, 6.45) is 3.35. The number of amides is 1. The van der Waals surface area contributed by atoms with Crippen LogP contribution in [0.15, 0.2) is 84.1 Å². The van der Waals surface area contributed by atoms with Gasteiger partial charge in [-0.1, -0.05) is 18.2 Å². The van der Waals surface area contributed by atoms with E-state index in [1.165, 1.54) is 30.5 Å². The van der Waals surface area contributed by atoms with Crippen LogP contribution < -0.4 is 19.6 Å². The fourth-order valence-electron chi connectivity index (χ4n) is 3.50. The van der Waals surface area contributed by atoms with Crippen LogP contribution >= 0.6 is 0 Å². The van der Waals surface area contributed by atoms with Gasteiger partial charge in [-0.05, 0) is 54.6 Å². The fraction of sp³-hybridized carbons (Fsp3) is 0.115. The van der Waals surface area contributed by atoms with Gasteiger partial charge in [-0.2, -0.15) is 10.2 Å². The number of hydrogen-bond donors (Lipinski definition) is 1. The molecule has 5 rings (SSSR count). The lowest BCUT2D eigenvalue weighted by atomic mass is 10.1. The van der Waals surface area contributed by atoms with Gasteiger partial charge in [0.15, 0.2) is 18.1 Å². The van der Waals surface area contributed by atoms with E-state index in [1.807, 2.05) is 54.7 Å². The van der Waals surface area contributed by atoms with Gasteiger partial charge in [0.25, 0.3) is 5.91 Å². The number of nitrogens with one attached hydrogen (secondary N) is 1. The molecule has 1 aliphatic heterocycles. The minimum absolute atomic E-state index is 0.263. The average molecular weight is 472 g/mol. The van der Waals surface area contributed by atoms with Gasteiger partial charge in [0, 0.05) is 17.3 Å². The van der Waals surface area contributed by atoms with Crippen LogP contribution in [0.3, 0.4) is 0 Å². The maximum atomic E-state index is 13.0. The summed E-state index contributed by atoms with van der Waals surface area (Å²) in [7, 11) is 0. The molecule has 0 unspecified atom stereocenters. The molecule has 1 aliphatic rings. The number of aromatic nitrogens is 2. The van der Waals surface area contributed by atoms with Crippen LogP contribution in [0.25, 0.3) is 16.9 Å². The Morgan fingerprint density at radius 3 is 2.63 bits per heavy atom. The highest BCUT2D eigenvalue weighted by atomic mass is 19.1. The second-order valence-corrected chi connectivity index (χ2v) is 7.61. The van der Waals surface area contributed by atoms with Crippen LogP contribution in [0, 0.1) is 5.82 Å². The summed E-state index contributed by atoms with van der Waals surface area (Å²) >= 11 is 0. The number of hydrogen-bond acceptors (Lipinski definition) is 6. The minimum Gasteiger partial charge on any atom is -0.486 e. The lowest BCUT2D eigenvalue weighted by Crippen LogP contribution is -2.24. The third kappa shape index (κ3) is 5.30. The Morgan fingerprint density at radius 1 is 1.06 bits per heavy atom. The molecule has 1 amide bonds. The van der Waals surface area contributed by atoms with Gasteiger partial charge in [0.1, 0.15) is 30.5 Å². The van der Waals surface area contributed by atoms with E-state index >= 15 is 0 Å². The van der Waals surface area contributed by atoms with E-state index in [0.29, 0.717) is 41.7 Å². The predicted molar refractivity (Wildman–Crippen MR) is 128 cm³/mol. The summed E-state index contributed by atoms with van der Waals surface area (Å²) in [4.78, 5) is 12.1. The van der Waals surface area contributed by atoms with Gasteiger partial charge in [0.05, 0.1) is 11.9 Å². The number of carbonyl (C=O) groups excluding carboxylic acids is 1. The van der Waals surface area contributed by atoms with Crippen molar-refractivity contribution in [2.75, 3.05) is 19.8 Å². The summed E-state index contributed by atoms with van der Waals surface area (Å²) in [5.41, 5.74) is 5.48. The first-order valence-electron chi connectivity index (χ1n) is 10.9. The van der Waals surface area contributed by atoms with Crippen molar-refractivity contribution < 1.29 is 23.4 Å². The standard InChI is InChI=1S/C26H21FN4O4/c27-20-7-9-22(10-8-20)35-17-25(32)29-28-15-19-16-31(21-4-2-1-3-5-21)30-26(19)18-6-11-23-24(14-18)34-13-12-33-23/h1-11,14-16H,12-13,17H2,(H,29,32). The van der Waals surface area contributed by atoms with Crippen molar-refractivity contribution in [1.29, 1.82) is 0 Å². The predicted octanol–water partition coefficient (Wildman–Crippen LogP) is 3.98. The zero-order valence-electron chi connectivity index (χ0n) is 18.6. The maximum absolute atomic E-state index is 13.0. The highest BCUT2D eigenvalue weighted by molar-refractivity contribution is 5.90. The Hall–Kier alpha value is -4.66. The molecule has 0 saturated carbocycles. The van der Waals surface area contributed by atoms with Crippen LogP contribution in [0.5, 0.6) is 17.2 Å². The van der Waals surface area contributed by atoms with E-state index in [4.69, 9.17) is 19.3 Å². The third-order valence-corrected chi connectivity index (χ3v) is 5.16. The topological polar surface area (TPSA) is 87.0 Å². The van der Waals surface area contributed by atoms with Crippen molar-refractivity contribution in [3.63, 3.8) is 0 Å². The molecule has 9 heteroatoms. The largest absolute Gasteiger partial charge is 0.486 e. The number of fused-ring (bicyclic) bond motifs is 1. The van der Waals surface area contributed by atoms with E-state index in [-0.39, 0.29) is 12.4 Å². The second kappa shape index (κ2) is 10.1. The molecule has 35 heavy (non-hydrogen) atoms. The Morgan fingerprint density at radius 2 is 1.83 bits per heavy atom. The van der Waals surface area contributed by atoms with Crippen LogP contribution in [-0.4, -0.2) is 41.7 Å². The van der Waals surface area contributed by atoms with Crippen molar-refractivity contribution >= 4 is 12.1 Å². The first-order valence-corrected chi connectivity index (χ1v) is 10.9. The Labute approximate surface area is 200 Å². The smallest absolute Gasteiger partial charge is 0.277 e. The molecule has 0 atom stereocenters. The van der Waals surface area contributed by atoms with E-state index < -0.39 is 5.91 Å². The lowest BCUT2D eigenvalue weighted by Gasteiger charge is -2.18. The fourth-order valence-corrected chi connectivity index (χ4v) is 3.50. The van der Waals surface area contributed by atoms with Crippen LogP contribution in [0.1, 0.15) is 5.56 Å². The molecule has 0 fully saturated rings. The lowest BCUT2D eigenvalue weighted by molar-refractivity contribution is -0.123. The average Bonchev–Trinajstić information content (AvgIpc) is 3.33. The second-order valence-electron chi connectivity index (χ2n) is 7.61. The number of halogens is 1. The molecule has 8 nitrogen and oxygen atoms in total. The van der Waals surface area contributed by atoms with Crippen molar-refractivity contribution in [1.82, 2.24) is 15.2 Å². The molecular weight excluding hydrogens is 451 g/mol. The summed E-state index contributed by atoms with van der Waals surface area (Å²) in [5.74, 6) is 0.886. The molecule has 0 saturated heterocycles. The normalized spacial score (nSPS) is 12.5. The van der Waals surface area contributed by atoms with Gasteiger partial charge >= 0.3 is 0 Å². The molecule has 176 valence electrons. The van der Waals surface area contributed by atoms with Gasteiger partial charge < -0.3 is 14.2 Å². The first-order chi connectivity index (χ1) is 17.2. The summed E-state index contributed by atoms with van der Waals surface area (Å²) < 4.78 is 31.4. The number of benzene rings is 3. The van der Waals surface area contributed by atoms with Crippen molar-refractivity contribution in [3.05, 3.63) is 90.4 Å². The molecule has 2 heterocycles. The number of para-hydroxylation sites is 1. The highest BCUT2D eigenvalue weighted by Gasteiger charge is 2.16. The summed E-state index contributed by atoms with van der Waals surface area (Å²) in [6.45, 7) is 0.730. The molecular formula is C26H21FN4O4. The van der Waals surface area contributed by atoms with Crippen molar-refractivity contribution in [2.45, 2.75) is 0 Å². The Balaban J connectivity index is 1.35. The number of ether oxygens (including phenoxy) is 3.